The number of halogens is 3. The SMILES string of the molecule is CCc1ccc2cc(-c3ccc(C(F)(F)F)cc3)c(C=O)n2c1. The van der Waals surface area contributed by atoms with Crippen molar-refractivity contribution in [3.63, 3.8) is 0 Å². The molecule has 0 spiro atoms. The van der Waals surface area contributed by atoms with E-state index in [1.54, 1.807) is 4.40 Å². The van der Waals surface area contributed by atoms with Crippen LogP contribution in [0, 0.1) is 0 Å². The highest BCUT2D eigenvalue weighted by molar-refractivity contribution is 5.89. The van der Waals surface area contributed by atoms with Crippen LogP contribution in [0.5, 0.6) is 0 Å². The Morgan fingerprint density at radius 3 is 2.35 bits per heavy atom. The van der Waals surface area contributed by atoms with Crippen LogP contribution in [0.25, 0.3) is 16.6 Å². The number of carbonyl (C=O) groups excluding carboxylic acids is 1. The van der Waals surface area contributed by atoms with E-state index in [0.717, 1.165) is 35.9 Å². The van der Waals surface area contributed by atoms with E-state index in [1.807, 2.05) is 31.3 Å². The quantitative estimate of drug-likeness (QED) is 0.623. The lowest BCUT2D eigenvalue weighted by molar-refractivity contribution is -0.137. The lowest BCUT2D eigenvalue weighted by atomic mass is 10.0. The summed E-state index contributed by atoms with van der Waals surface area (Å²) in [4.78, 5) is 11.5. The summed E-state index contributed by atoms with van der Waals surface area (Å²) in [5, 5.41) is 0. The van der Waals surface area contributed by atoms with Crippen LogP contribution in [0.4, 0.5) is 13.2 Å². The van der Waals surface area contributed by atoms with Crippen LogP contribution < -0.4 is 0 Å². The van der Waals surface area contributed by atoms with Gasteiger partial charge in [-0.05, 0) is 41.8 Å². The van der Waals surface area contributed by atoms with Gasteiger partial charge in [0.1, 0.15) is 0 Å². The highest BCUT2D eigenvalue weighted by Gasteiger charge is 2.30. The van der Waals surface area contributed by atoms with Crippen molar-refractivity contribution in [3.05, 3.63) is 65.5 Å². The Bertz CT molecular complexity index is 860. The number of rotatable bonds is 3. The van der Waals surface area contributed by atoms with Crippen LogP contribution in [0.1, 0.15) is 28.5 Å². The first-order valence-corrected chi connectivity index (χ1v) is 7.21. The maximum atomic E-state index is 12.7. The highest BCUT2D eigenvalue weighted by atomic mass is 19.4. The van der Waals surface area contributed by atoms with Crippen LogP contribution in [-0.2, 0) is 12.6 Å². The lowest BCUT2D eigenvalue weighted by Gasteiger charge is -2.07. The van der Waals surface area contributed by atoms with Gasteiger partial charge in [-0.3, -0.25) is 4.79 Å². The van der Waals surface area contributed by atoms with E-state index in [1.165, 1.54) is 12.1 Å². The Hall–Kier alpha value is -2.56. The van der Waals surface area contributed by atoms with Crippen molar-refractivity contribution in [3.8, 4) is 11.1 Å². The first kappa shape index (κ1) is 15.3. The third kappa shape index (κ3) is 2.74. The minimum absolute atomic E-state index is 0.440. The minimum Gasteiger partial charge on any atom is -0.313 e. The number of aryl methyl sites for hydroxylation is 1. The molecule has 2 nitrogen and oxygen atoms in total. The van der Waals surface area contributed by atoms with E-state index in [0.29, 0.717) is 16.8 Å². The number of carbonyl (C=O) groups is 1. The smallest absolute Gasteiger partial charge is 0.313 e. The summed E-state index contributed by atoms with van der Waals surface area (Å²) in [6.07, 6.45) is -0.915. The summed E-state index contributed by atoms with van der Waals surface area (Å²) in [6.45, 7) is 2.02. The number of hydrogen-bond donors (Lipinski definition) is 0. The first-order chi connectivity index (χ1) is 10.9. The van der Waals surface area contributed by atoms with Gasteiger partial charge >= 0.3 is 6.18 Å². The molecule has 0 aliphatic carbocycles. The van der Waals surface area contributed by atoms with Crippen LogP contribution >= 0.6 is 0 Å². The second-order valence-electron chi connectivity index (χ2n) is 5.32. The summed E-state index contributed by atoms with van der Waals surface area (Å²) in [7, 11) is 0. The van der Waals surface area contributed by atoms with Crippen LogP contribution in [-0.4, -0.2) is 10.7 Å². The molecule has 0 radical (unpaired) electrons. The van der Waals surface area contributed by atoms with E-state index in [-0.39, 0.29) is 0 Å². The number of aldehydes is 1. The van der Waals surface area contributed by atoms with Gasteiger partial charge < -0.3 is 4.40 Å². The van der Waals surface area contributed by atoms with E-state index >= 15 is 0 Å². The molecule has 3 rings (SSSR count). The lowest BCUT2D eigenvalue weighted by Crippen LogP contribution is -2.04. The molecule has 23 heavy (non-hydrogen) atoms. The Kier molecular flexibility index (Phi) is 3.72. The monoisotopic (exact) mass is 317 g/mol. The number of nitrogens with zero attached hydrogens (tertiary/aromatic N) is 1. The maximum absolute atomic E-state index is 12.7. The maximum Gasteiger partial charge on any atom is 0.416 e. The number of benzene rings is 1. The predicted octanol–water partition coefficient (Wildman–Crippen LogP) is 5.00. The molecule has 0 fully saturated rings. The molecule has 0 saturated carbocycles. The third-order valence-corrected chi connectivity index (χ3v) is 3.91. The van der Waals surface area contributed by atoms with Crippen LogP contribution in [0.15, 0.2) is 48.7 Å². The van der Waals surface area contributed by atoms with E-state index < -0.39 is 11.7 Å². The highest BCUT2D eigenvalue weighted by Crippen LogP contribution is 2.32. The topological polar surface area (TPSA) is 21.5 Å². The van der Waals surface area contributed by atoms with Gasteiger partial charge in [0.2, 0.25) is 0 Å². The molecule has 0 aliphatic rings. The molecule has 0 N–H and O–H groups in total. The molecule has 0 unspecified atom stereocenters. The molecule has 0 amide bonds. The zero-order valence-corrected chi connectivity index (χ0v) is 12.4. The number of alkyl halides is 3. The first-order valence-electron chi connectivity index (χ1n) is 7.21. The van der Waals surface area contributed by atoms with Gasteiger partial charge in [-0.2, -0.15) is 13.2 Å². The fraction of sp³-hybridized carbons (Fsp3) is 0.167. The van der Waals surface area contributed by atoms with Crippen molar-refractivity contribution in [2.45, 2.75) is 19.5 Å². The molecule has 0 aliphatic heterocycles. The van der Waals surface area contributed by atoms with Crippen LogP contribution in [0.2, 0.25) is 0 Å². The van der Waals surface area contributed by atoms with Crippen molar-refractivity contribution >= 4 is 11.8 Å². The van der Waals surface area contributed by atoms with Crippen molar-refractivity contribution in [2.24, 2.45) is 0 Å². The Morgan fingerprint density at radius 2 is 1.78 bits per heavy atom. The van der Waals surface area contributed by atoms with Crippen molar-refractivity contribution in [2.75, 3.05) is 0 Å². The summed E-state index contributed by atoms with van der Waals surface area (Å²) in [6, 6.07) is 10.5. The van der Waals surface area contributed by atoms with Gasteiger partial charge in [0, 0.05) is 17.3 Å². The van der Waals surface area contributed by atoms with Crippen LogP contribution in [0.3, 0.4) is 0 Å². The van der Waals surface area contributed by atoms with Gasteiger partial charge in [0.05, 0.1) is 11.3 Å². The Labute approximate surface area is 131 Å². The Balaban J connectivity index is 2.14. The molecule has 2 heterocycles. The summed E-state index contributed by atoms with van der Waals surface area (Å²) in [5.41, 5.74) is 2.86. The molecule has 0 atom stereocenters. The standard InChI is InChI=1S/C18H14F3NO/c1-2-12-3-8-15-9-16(17(11-23)22(15)10-12)13-4-6-14(7-5-13)18(19,20)21/h3-11H,2H2,1H3. The molecule has 0 bridgehead atoms. The molecular weight excluding hydrogens is 303 g/mol. The largest absolute Gasteiger partial charge is 0.416 e. The van der Waals surface area contributed by atoms with Gasteiger partial charge in [-0.25, -0.2) is 0 Å². The fourth-order valence-electron chi connectivity index (χ4n) is 2.63. The number of aromatic nitrogens is 1. The molecule has 1 aromatic carbocycles. The van der Waals surface area contributed by atoms with Crippen molar-refractivity contribution in [1.29, 1.82) is 0 Å². The number of hydrogen-bond acceptors (Lipinski definition) is 1. The minimum atomic E-state index is -4.37. The zero-order chi connectivity index (χ0) is 16.6. The molecule has 0 saturated heterocycles. The summed E-state index contributed by atoms with van der Waals surface area (Å²) >= 11 is 0. The van der Waals surface area contributed by atoms with Crippen molar-refractivity contribution < 1.29 is 18.0 Å². The average Bonchev–Trinajstić information content (AvgIpc) is 2.91. The Morgan fingerprint density at radius 1 is 1.09 bits per heavy atom. The second-order valence-corrected chi connectivity index (χ2v) is 5.32. The normalized spacial score (nSPS) is 11.8. The molecule has 118 valence electrons. The van der Waals surface area contributed by atoms with E-state index in [9.17, 15) is 18.0 Å². The molecule has 5 heteroatoms. The molecule has 3 aromatic rings. The van der Waals surface area contributed by atoms with Gasteiger partial charge in [-0.15, -0.1) is 0 Å². The summed E-state index contributed by atoms with van der Waals surface area (Å²) < 4.78 is 39.8. The number of pyridine rings is 1. The third-order valence-electron chi connectivity index (χ3n) is 3.91. The fourth-order valence-corrected chi connectivity index (χ4v) is 2.63. The van der Waals surface area contributed by atoms with Gasteiger partial charge in [0.25, 0.3) is 0 Å². The zero-order valence-electron chi connectivity index (χ0n) is 12.4. The number of fused-ring (bicyclic) bond motifs is 1. The summed E-state index contributed by atoms with van der Waals surface area (Å²) in [5.74, 6) is 0. The van der Waals surface area contributed by atoms with E-state index in [4.69, 9.17) is 0 Å². The molecular formula is C18H14F3NO. The molecule has 2 aromatic heterocycles. The van der Waals surface area contributed by atoms with E-state index in [2.05, 4.69) is 0 Å². The van der Waals surface area contributed by atoms with Gasteiger partial charge in [0.15, 0.2) is 6.29 Å². The second kappa shape index (κ2) is 5.57. The predicted molar refractivity (Wildman–Crippen MR) is 82.6 cm³/mol. The average molecular weight is 317 g/mol. The van der Waals surface area contributed by atoms with Gasteiger partial charge in [-0.1, -0.05) is 25.1 Å². The van der Waals surface area contributed by atoms with Crippen molar-refractivity contribution in [1.82, 2.24) is 4.40 Å².